The van der Waals surface area contributed by atoms with Crippen molar-refractivity contribution in [2.45, 2.75) is 18.9 Å². The summed E-state index contributed by atoms with van der Waals surface area (Å²) in [6, 6.07) is 0. The minimum atomic E-state index is -0.254. The summed E-state index contributed by atoms with van der Waals surface area (Å²) in [6.07, 6.45) is 1.53. The Kier molecular flexibility index (Phi) is 3.71. The summed E-state index contributed by atoms with van der Waals surface area (Å²) >= 11 is 0. The lowest BCUT2D eigenvalue weighted by atomic mass is 10.2. The van der Waals surface area contributed by atoms with Crippen molar-refractivity contribution in [3.8, 4) is 0 Å². The van der Waals surface area contributed by atoms with Crippen LogP contribution in [0.15, 0.2) is 0 Å². The van der Waals surface area contributed by atoms with E-state index in [2.05, 4.69) is 4.85 Å². The molecule has 1 fully saturated rings. The molecule has 0 bridgehead atoms. The molecule has 0 aromatic carbocycles. The molecule has 0 saturated carbocycles. The topological polar surface area (TPSA) is 33.9 Å². The molecule has 4 nitrogen and oxygen atoms in total. The van der Waals surface area contributed by atoms with E-state index < -0.39 is 0 Å². The van der Waals surface area contributed by atoms with Gasteiger partial charge in [-0.2, -0.15) is 0 Å². The molecule has 72 valence electrons. The third kappa shape index (κ3) is 2.71. The minimum absolute atomic E-state index is 0.0150. The van der Waals surface area contributed by atoms with E-state index in [1.54, 1.807) is 11.9 Å². The van der Waals surface area contributed by atoms with Crippen LogP contribution in [0.3, 0.4) is 0 Å². The fraction of sp³-hybridized carbons (Fsp3) is 0.778. The number of ether oxygens (including phenoxy) is 1. The highest BCUT2D eigenvalue weighted by Crippen LogP contribution is 2.13. The Hall–Kier alpha value is -1.08. The zero-order valence-electron chi connectivity index (χ0n) is 7.82. The van der Waals surface area contributed by atoms with Crippen LogP contribution in [0, 0.1) is 6.57 Å². The number of hydrogen-bond donors (Lipinski definition) is 0. The summed E-state index contributed by atoms with van der Waals surface area (Å²) < 4.78 is 5.25. The largest absolute Gasteiger partial charge is 0.368 e. The van der Waals surface area contributed by atoms with E-state index in [0.29, 0.717) is 19.7 Å². The summed E-state index contributed by atoms with van der Waals surface area (Å²) in [6.45, 7) is 8.16. The van der Waals surface area contributed by atoms with E-state index in [1.807, 2.05) is 0 Å². The number of amides is 1. The van der Waals surface area contributed by atoms with Crippen molar-refractivity contribution in [1.29, 1.82) is 0 Å². The molecule has 1 unspecified atom stereocenters. The van der Waals surface area contributed by atoms with E-state index in [-0.39, 0.29) is 12.0 Å². The fourth-order valence-corrected chi connectivity index (χ4v) is 1.33. The van der Waals surface area contributed by atoms with Crippen LogP contribution < -0.4 is 0 Å². The number of likely N-dealkylation sites (N-methyl/N-ethyl adjacent to an activating group) is 1. The van der Waals surface area contributed by atoms with Crippen LogP contribution in [-0.4, -0.2) is 43.7 Å². The van der Waals surface area contributed by atoms with E-state index >= 15 is 0 Å². The maximum atomic E-state index is 11.5. The molecule has 0 N–H and O–H groups in total. The molecule has 0 radical (unpaired) electrons. The van der Waals surface area contributed by atoms with Crippen LogP contribution in [0.2, 0.25) is 0 Å². The summed E-state index contributed by atoms with van der Waals surface area (Å²) in [5.74, 6) is 0.0150. The van der Waals surface area contributed by atoms with Crippen LogP contribution in [0.5, 0.6) is 0 Å². The Labute approximate surface area is 78.3 Å². The molecular formula is C9H14N2O2. The number of hydrogen-bond acceptors (Lipinski definition) is 2. The van der Waals surface area contributed by atoms with Crippen LogP contribution in [0.1, 0.15) is 12.8 Å². The van der Waals surface area contributed by atoms with Gasteiger partial charge in [0.05, 0.1) is 6.54 Å². The molecule has 1 amide bonds. The smallest absolute Gasteiger partial charge is 0.251 e. The van der Waals surface area contributed by atoms with Crippen molar-refractivity contribution >= 4 is 5.91 Å². The molecule has 1 heterocycles. The average Bonchev–Trinajstić information content (AvgIpc) is 2.65. The van der Waals surface area contributed by atoms with Gasteiger partial charge in [0.2, 0.25) is 6.54 Å². The van der Waals surface area contributed by atoms with Gasteiger partial charge in [0.1, 0.15) is 6.10 Å². The monoisotopic (exact) mass is 182 g/mol. The second-order valence-corrected chi connectivity index (χ2v) is 3.14. The van der Waals surface area contributed by atoms with Crippen molar-refractivity contribution in [1.82, 2.24) is 4.90 Å². The van der Waals surface area contributed by atoms with Crippen molar-refractivity contribution in [3.05, 3.63) is 11.4 Å². The molecule has 0 aliphatic carbocycles. The zero-order valence-corrected chi connectivity index (χ0v) is 7.82. The predicted molar refractivity (Wildman–Crippen MR) is 48.1 cm³/mol. The van der Waals surface area contributed by atoms with Gasteiger partial charge in [-0.3, -0.25) is 4.79 Å². The quantitative estimate of drug-likeness (QED) is 0.597. The highest BCUT2D eigenvalue weighted by atomic mass is 16.5. The van der Waals surface area contributed by atoms with Gasteiger partial charge in [0, 0.05) is 13.7 Å². The predicted octanol–water partition coefficient (Wildman–Crippen LogP) is 0.543. The van der Waals surface area contributed by atoms with Gasteiger partial charge in [0.15, 0.2) is 0 Å². The summed E-state index contributed by atoms with van der Waals surface area (Å²) in [5.41, 5.74) is 0. The molecule has 4 heteroatoms. The molecule has 1 atom stereocenters. The molecule has 0 aromatic rings. The highest BCUT2D eigenvalue weighted by molar-refractivity contribution is 5.80. The van der Waals surface area contributed by atoms with Gasteiger partial charge in [-0.25, -0.2) is 6.57 Å². The third-order valence-corrected chi connectivity index (χ3v) is 2.13. The normalized spacial score (nSPS) is 21.1. The Morgan fingerprint density at radius 1 is 1.77 bits per heavy atom. The molecule has 0 aromatic heterocycles. The standard InChI is InChI=1S/C9H14N2O2/c1-10-5-6-11(2)9(12)8-4-3-7-13-8/h8H,3-7H2,2H3. The molecule has 1 aliphatic rings. The van der Waals surface area contributed by atoms with Crippen LogP contribution in [0.4, 0.5) is 0 Å². The first kappa shape index (κ1) is 10.0. The zero-order chi connectivity index (χ0) is 9.68. The van der Waals surface area contributed by atoms with Gasteiger partial charge in [-0.1, -0.05) is 0 Å². The lowest BCUT2D eigenvalue weighted by Gasteiger charge is -2.17. The lowest BCUT2D eigenvalue weighted by molar-refractivity contribution is -0.139. The third-order valence-electron chi connectivity index (χ3n) is 2.13. The minimum Gasteiger partial charge on any atom is -0.368 e. The molecular weight excluding hydrogens is 168 g/mol. The first-order valence-electron chi connectivity index (χ1n) is 4.45. The summed E-state index contributed by atoms with van der Waals surface area (Å²) in [4.78, 5) is 16.3. The number of carbonyl (C=O) groups excluding carboxylic acids is 1. The maximum Gasteiger partial charge on any atom is 0.251 e. The van der Waals surface area contributed by atoms with Crippen molar-refractivity contribution in [3.63, 3.8) is 0 Å². The van der Waals surface area contributed by atoms with Crippen molar-refractivity contribution in [2.75, 3.05) is 26.7 Å². The number of carbonyl (C=O) groups is 1. The highest BCUT2D eigenvalue weighted by Gasteiger charge is 2.26. The average molecular weight is 182 g/mol. The SMILES string of the molecule is [C-]#[N+]CCN(C)C(=O)C1CCCO1. The van der Waals surface area contributed by atoms with E-state index in [1.165, 1.54) is 0 Å². The second-order valence-electron chi connectivity index (χ2n) is 3.14. The molecule has 13 heavy (non-hydrogen) atoms. The van der Waals surface area contributed by atoms with Crippen molar-refractivity contribution in [2.24, 2.45) is 0 Å². The summed E-state index contributed by atoms with van der Waals surface area (Å²) in [5, 5.41) is 0. The van der Waals surface area contributed by atoms with Gasteiger partial charge in [0.25, 0.3) is 5.91 Å². The van der Waals surface area contributed by atoms with E-state index in [4.69, 9.17) is 11.3 Å². The van der Waals surface area contributed by atoms with E-state index in [0.717, 1.165) is 12.8 Å². The Bertz CT molecular complexity index is 216. The molecule has 1 saturated heterocycles. The van der Waals surface area contributed by atoms with Crippen LogP contribution in [0.25, 0.3) is 4.85 Å². The Morgan fingerprint density at radius 2 is 2.54 bits per heavy atom. The first-order valence-corrected chi connectivity index (χ1v) is 4.45. The second kappa shape index (κ2) is 4.83. The Balaban J connectivity index is 2.33. The van der Waals surface area contributed by atoms with Gasteiger partial charge in [-0.15, -0.1) is 0 Å². The number of nitrogens with zero attached hydrogens (tertiary/aromatic N) is 2. The van der Waals surface area contributed by atoms with E-state index in [9.17, 15) is 4.79 Å². The summed E-state index contributed by atoms with van der Waals surface area (Å²) in [7, 11) is 1.72. The molecule has 1 aliphatic heterocycles. The van der Waals surface area contributed by atoms with Gasteiger partial charge < -0.3 is 14.5 Å². The van der Waals surface area contributed by atoms with Gasteiger partial charge in [-0.05, 0) is 12.8 Å². The molecule has 0 spiro atoms. The fourth-order valence-electron chi connectivity index (χ4n) is 1.33. The maximum absolute atomic E-state index is 11.5. The first-order chi connectivity index (χ1) is 6.25. The van der Waals surface area contributed by atoms with Crippen LogP contribution >= 0.6 is 0 Å². The van der Waals surface area contributed by atoms with Crippen LogP contribution in [-0.2, 0) is 9.53 Å². The van der Waals surface area contributed by atoms with Gasteiger partial charge >= 0.3 is 0 Å². The lowest BCUT2D eigenvalue weighted by Crippen LogP contribution is -2.37. The van der Waals surface area contributed by atoms with Crippen molar-refractivity contribution < 1.29 is 9.53 Å². The number of rotatable bonds is 3. The molecule has 1 rings (SSSR count). The Morgan fingerprint density at radius 3 is 3.08 bits per heavy atom.